The fourth-order valence-electron chi connectivity index (χ4n) is 3.96. The highest BCUT2D eigenvalue weighted by molar-refractivity contribution is 7.17. The van der Waals surface area contributed by atoms with Gasteiger partial charge in [0, 0.05) is 33.8 Å². The number of thiazole rings is 1. The first-order valence-electron chi connectivity index (χ1n) is 10.8. The molecule has 0 amide bonds. The lowest BCUT2D eigenvalue weighted by molar-refractivity contribution is -0.385. The topological polar surface area (TPSA) is 147 Å². The van der Waals surface area contributed by atoms with Crippen molar-refractivity contribution in [3.05, 3.63) is 85.5 Å². The van der Waals surface area contributed by atoms with Gasteiger partial charge < -0.3 is 20.1 Å². The first-order chi connectivity index (χ1) is 17.3. The number of nitro groups is 1. The number of aryl methyl sites for hydroxylation is 1. The van der Waals surface area contributed by atoms with Gasteiger partial charge in [0.1, 0.15) is 5.75 Å². The van der Waals surface area contributed by atoms with Crippen LogP contribution < -0.4 is 4.74 Å². The summed E-state index contributed by atoms with van der Waals surface area (Å²) < 4.78 is 7.08. The van der Waals surface area contributed by atoms with E-state index >= 15 is 0 Å². The maximum atomic E-state index is 13.1. The molecule has 11 heteroatoms. The number of nitrogens with zero attached hydrogens (tertiary/aromatic N) is 3. The SMILES string of the molecule is COc1cc(C(=O)C=Cc2c(-c3ccc(CO)c([N+](=O)[O-])c3)nc3sc(C)cn23)cc(CO)c1CO. The number of hydrogen-bond donors (Lipinski definition) is 3. The number of carbonyl (C=O) groups excluding carboxylic acids is 1. The molecule has 0 aliphatic rings. The van der Waals surface area contributed by atoms with Gasteiger partial charge >= 0.3 is 0 Å². The fourth-order valence-corrected chi connectivity index (χ4v) is 4.79. The summed E-state index contributed by atoms with van der Waals surface area (Å²) in [6, 6.07) is 7.48. The van der Waals surface area contributed by atoms with Crippen LogP contribution in [-0.4, -0.2) is 42.5 Å². The van der Waals surface area contributed by atoms with Crippen LogP contribution in [0, 0.1) is 17.0 Å². The summed E-state index contributed by atoms with van der Waals surface area (Å²) in [6.45, 7) is 0.730. The number of imidazole rings is 1. The molecule has 2 aromatic heterocycles. The molecule has 36 heavy (non-hydrogen) atoms. The molecule has 4 aromatic rings. The predicted molar refractivity (Wildman–Crippen MR) is 134 cm³/mol. The molecular formula is C25H23N3O7S. The van der Waals surface area contributed by atoms with Crippen molar-refractivity contribution in [2.24, 2.45) is 0 Å². The Balaban J connectivity index is 1.80. The third kappa shape index (κ3) is 4.64. The molecule has 0 saturated carbocycles. The zero-order chi connectivity index (χ0) is 26.0. The van der Waals surface area contributed by atoms with Crippen LogP contribution in [0.15, 0.2) is 42.6 Å². The average Bonchev–Trinajstić information content (AvgIpc) is 3.41. The molecule has 0 saturated heterocycles. The quantitative estimate of drug-likeness (QED) is 0.134. The zero-order valence-electron chi connectivity index (χ0n) is 19.5. The maximum absolute atomic E-state index is 13.1. The minimum absolute atomic E-state index is 0.188. The standard InChI is InChI=1S/C25H23N3O7S/c1-14-10-27-20(5-6-22(32)17-7-18(12-30)19(13-31)23(9-17)35-2)24(26-25(27)36-14)15-3-4-16(11-29)21(8-15)28(33)34/h3-10,29-31H,11-13H2,1-2H3. The van der Waals surface area contributed by atoms with Crippen molar-refractivity contribution in [2.75, 3.05) is 7.11 Å². The Morgan fingerprint density at radius 2 is 1.92 bits per heavy atom. The van der Waals surface area contributed by atoms with Crippen molar-refractivity contribution >= 4 is 33.8 Å². The number of hydrogen-bond acceptors (Lipinski definition) is 9. The first-order valence-corrected chi connectivity index (χ1v) is 11.6. The molecule has 0 aliphatic carbocycles. The van der Waals surface area contributed by atoms with Gasteiger partial charge in [-0.1, -0.05) is 6.07 Å². The fraction of sp³-hybridized carbons (Fsp3) is 0.200. The number of aliphatic hydroxyl groups excluding tert-OH is 3. The Morgan fingerprint density at radius 3 is 2.56 bits per heavy atom. The second-order valence-corrected chi connectivity index (χ2v) is 9.14. The normalized spacial score (nSPS) is 11.5. The molecule has 10 nitrogen and oxygen atoms in total. The minimum atomic E-state index is -0.557. The van der Waals surface area contributed by atoms with Crippen LogP contribution in [-0.2, 0) is 19.8 Å². The van der Waals surface area contributed by atoms with E-state index in [1.807, 2.05) is 13.1 Å². The molecule has 2 heterocycles. The molecule has 0 spiro atoms. The summed E-state index contributed by atoms with van der Waals surface area (Å²) in [7, 11) is 1.41. The molecule has 2 aromatic carbocycles. The predicted octanol–water partition coefficient (Wildman–Crippen LogP) is 3.66. The van der Waals surface area contributed by atoms with Crippen molar-refractivity contribution in [2.45, 2.75) is 26.7 Å². The Bertz CT molecular complexity index is 1480. The molecule has 0 aliphatic heterocycles. The summed E-state index contributed by atoms with van der Waals surface area (Å²) in [5.41, 5.74) is 2.48. The van der Waals surface area contributed by atoms with Gasteiger partial charge in [-0.25, -0.2) is 4.98 Å². The Kier molecular flexibility index (Phi) is 7.27. The summed E-state index contributed by atoms with van der Waals surface area (Å²) >= 11 is 1.44. The highest BCUT2D eigenvalue weighted by Gasteiger charge is 2.20. The van der Waals surface area contributed by atoms with E-state index in [9.17, 15) is 30.2 Å². The van der Waals surface area contributed by atoms with E-state index in [2.05, 4.69) is 4.98 Å². The van der Waals surface area contributed by atoms with Gasteiger partial charge in [-0.3, -0.25) is 19.3 Å². The van der Waals surface area contributed by atoms with E-state index in [0.29, 0.717) is 33.0 Å². The first kappa shape index (κ1) is 25.2. The molecule has 186 valence electrons. The van der Waals surface area contributed by atoms with E-state index in [1.54, 1.807) is 16.5 Å². The third-order valence-corrected chi connectivity index (χ3v) is 6.63. The van der Waals surface area contributed by atoms with E-state index in [-0.39, 0.29) is 41.6 Å². The summed E-state index contributed by atoms with van der Waals surface area (Å²) in [5, 5.41) is 40.2. The number of aromatic nitrogens is 2. The van der Waals surface area contributed by atoms with E-state index in [4.69, 9.17) is 4.74 Å². The smallest absolute Gasteiger partial charge is 0.275 e. The summed E-state index contributed by atoms with van der Waals surface area (Å²) in [6.07, 6.45) is 4.80. The molecule has 4 rings (SSSR count). The zero-order valence-corrected chi connectivity index (χ0v) is 20.3. The maximum Gasteiger partial charge on any atom is 0.275 e. The van der Waals surface area contributed by atoms with Crippen molar-refractivity contribution in [3.8, 4) is 17.0 Å². The van der Waals surface area contributed by atoms with Gasteiger partial charge in [0.2, 0.25) is 0 Å². The highest BCUT2D eigenvalue weighted by atomic mass is 32.1. The van der Waals surface area contributed by atoms with Crippen LogP contribution >= 0.6 is 11.3 Å². The lowest BCUT2D eigenvalue weighted by Crippen LogP contribution is -2.04. The Hall–Kier alpha value is -3.90. The number of nitro benzene ring substituents is 1. The number of methoxy groups -OCH3 is 1. The van der Waals surface area contributed by atoms with Gasteiger partial charge in [-0.05, 0) is 42.8 Å². The van der Waals surface area contributed by atoms with Crippen LogP contribution in [0.2, 0.25) is 0 Å². The molecular weight excluding hydrogens is 486 g/mol. The van der Waals surface area contributed by atoms with Gasteiger partial charge in [0.15, 0.2) is 10.7 Å². The van der Waals surface area contributed by atoms with Crippen LogP contribution in [0.4, 0.5) is 5.69 Å². The van der Waals surface area contributed by atoms with Crippen molar-refractivity contribution in [3.63, 3.8) is 0 Å². The molecule has 0 fully saturated rings. The van der Waals surface area contributed by atoms with Crippen molar-refractivity contribution in [1.29, 1.82) is 0 Å². The monoisotopic (exact) mass is 509 g/mol. The molecule has 0 atom stereocenters. The summed E-state index contributed by atoms with van der Waals surface area (Å²) in [4.78, 5) is 30.3. The van der Waals surface area contributed by atoms with Crippen molar-refractivity contribution < 1.29 is 29.8 Å². The lowest BCUT2D eigenvalue weighted by atomic mass is 10.0. The number of ketones is 1. The van der Waals surface area contributed by atoms with E-state index in [1.165, 1.54) is 48.8 Å². The number of benzene rings is 2. The van der Waals surface area contributed by atoms with Crippen LogP contribution in [0.1, 0.15) is 37.6 Å². The average molecular weight is 510 g/mol. The van der Waals surface area contributed by atoms with Gasteiger partial charge in [0.25, 0.3) is 5.69 Å². The number of ether oxygens (including phenoxy) is 1. The van der Waals surface area contributed by atoms with Crippen LogP contribution in [0.5, 0.6) is 5.75 Å². The van der Waals surface area contributed by atoms with E-state index < -0.39 is 11.5 Å². The number of allylic oxidation sites excluding steroid dienone is 1. The Labute approximate surface area is 209 Å². The second kappa shape index (κ2) is 10.4. The second-order valence-electron chi connectivity index (χ2n) is 7.93. The molecule has 0 unspecified atom stereocenters. The largest absolute Gasteiger partial charge is 0.496 e. The number of fused-ring (bicyclic) bond motifs is 1. The molecule has 0 radical (unpaired) electrons. The number of aliphatic hydroxyl groups is 3. The van der Waals surface area contributed by atoms with Crippen LogP contribution in [0.25, 0.3) is 22.3 Å². The third-order valence-electron chi connectivity index (χ3n) is 5.73. The molecule has 0 bridgehead atoms. The number of rotatable bonds is 9. The highest BCUT2D eigenvalue weighted by Crippen LogP contribution is 2.33. The molecule has 3 N–H and O–H groups in total. The van der Waals surface area contributed by atoms with Crippen molar-refractivity contribution in [1.82, 2.24) is 9.38 Å². The Morgan fingerprint density at radius 1 is 1.17 bits per heavy atom. The van der Waals surface area contributed by atoms with Crippen LogP contribution in [0.3, 0.4) is 0 Å². The lowest BCUT2D eigenvalue weighted by Gasteiger charge is -2.12. The number of carbonyl (C=O) groups is 1. The van der Waals surface area contributed by atoms with Gasteiger partial charge in [-0.15, -0.1) is 11.3 Å². The van der Waals surface area contributed by atoms with E-state index in [0.717, 1.165) is 4.88 Å². The van der Waals surface area contributed by atoms with Gasteiger partial charge in [-0.2, -0.15) is 0 Å². The van der Waals surface area contributed by atoms with Gasteiger partial charge in [0.05, 0.1) is 48.8 Å². The summed E-state index contributed by atoms with van der Waals surface area (Å²) in [5.74, 6) is -0.0834. The minimum Gasteiger partial charge on any atom is -0.496 e.